The minimum atomic E-state index is -5.20. The Bertz CT molecular complexity index is 216. The minimum Gasteiger partial charge on any atom is -0.478 e. The van der Waals surface area contributed by atoms with E-state index < -0.39 is 30.0 Å². The van der Waals surface area contributed by atoms with Crippen molar-refractivity contribution in [2.45, 2.75) is 19.5 Å². The zero-order valence-corrected chi connectivity index (χ0v) is 6.07. The summed E-state index contributed by atoms with van der Waals surface area (Å²) in [5.41, 5.74) is -1.25. The van der Waals surface area contributed by atoms with Crippen LogP contribution in [0.1, 0.15) is 13.3 Å². The zero-order chi connectivity index (χ0) is 9.94. The molecule has 0 spiro atoms. The lowest BCUT2D eigenvalue weighted by atomic mass is 10.2. The van der Waals surface area contributed by atoms with Crippen molar-refractivity contribution < 1.29 is 27.5 Å². The fourth-order valence-corrected chi connectivity index (χ4v) is 0.571. The van der Waals surface area contributed by atoms with Gasteiger partial charge < -0.3 is 5.11 Å². The summed E-state index contributed by atoms with van der Waals surface area (Å²) in [6.07, 6.45) is -5.70. The number of allylic oxidation sites excluding steroid dienone is 1. The van der Waals surface area contributed by atoms with Gasteiger partial charge in [0.05, 0.1) is 5.57 Å². The van der Waals surface area contributed by atoms with Crippen LogP contribution in [-0.4, -0.2) is 17.3 Å². The van der Waals surface area contributed by atoms with Gasteiger partial charge in [-0.25, -0.2) is 9.18 Å². The molecular weight excluding hydrogens is 180 g/mol. The summed E-state index contributed by atoms with van der Waals surface area (Å²) >= 11 is 0. The molecule has 0 bridgehead atoms. The van der Waals surface area contributed by atoms with Gasteiger partial charge in [0.15, 0.2) is 0 Å². The summed E-state index contributed by atoms with van der Waals surface area (Å²) in [4.78, 5) is 10.0. The Morgan fingerprint density at radius 1 is 1.42 bits per heavy atom. The second-order valence-electron chi connectivity index (χ2n) is 1.95. The van der Waals surface area contributed by atoms with Crippen LogP contribution >= 0.6 is 0 Å². The smallest absolute Gasteiger partial charge is 0.443 e. The van der Waals surface area contributed by atoms with Crippen molar-refractivity contribution in [1.29, 1.82) is 0 Å². The molecule has 0 unspecified atom stereocenters. The van der Waals surface area contributed by atoms with Crippen LogP contribution in [0.25, 0.3) is 0 Å². The van der Waals surface area contributed by atoms with E-state index in [1.165, 1.54) is 0 Å². The van der Waals surface area contributed by atoms with Crippen LogP contribution in [0.15, 0.2) is 11.4 Å². The van der Waals surface area contributed by atoms with Crippen LogP contribution in [0, 0.1) is 0 Å². The van der Waals surface area contributed by atoms with Crippen LogP contribution < -0.4 is 0 Å². The average Bonchev–Trinajstić information content (AvgIpc) is 1.86. The quantitative estimate of drug-likeness (QED) is 0.530. The van der Waals surface area contributed by atoms with E-state index in [-0.39, 0.29) is 0 Å². The number of hydrogen-bond acceptors (Lipinski definition) is 1. The number of hydrogen-bond donors (Lipinski definition) is 1. The highest BCUT2D eigenvalue weighted by atomic mass is 19.4. The fourth-order valence-electron chi connectivity index (χ4n) is 0.571. The average molecular weight is 186 g/mol. The molecule has 0 atom stereocenters. The Hall–Kier alpha value is -1.07. The molecule has 0 saturated carbocycles. The third-order valence-electron chi connectivity index (χ3n) is 1.13. The molecule has 0 aromatic heterocycles. The second kappa shape index (κ2) is 3.55. The lowest BCUT2D eigenvalue weighted by Crippen LogP contribution is -2.14. The van der Waals surface area contributed by atoms with Crippen molar-refractivity contribution in [2.24, 2.45) is 0 Å². The van der Waals surface area contributed by atoms with Gasteiger partial charge in [-0.1, -0.05) is 6.92 Å². The molecule has 0 heterocycles. The molecule has 0 aromatic carbocycles. The SMILES string of the molecule is CCC(C(=O)O)=C(F)C(F)(F)F. The molecule has 0 aliphatic carbocycles. The van der Waals surface area contributed by atoms with Crippen LogP contribution in [-0.2, 0) is 4.79 Å². The minimum absolute atomic E-state index is 0.499. The fraction of sp³-hybridized carbons (Fsp3) is 0.500. The first-order valence-electron chi connectivity index (χ1n) is 2.99. The largest absolute Gasteiger partial charge is 0.478 e. The molecule has 0 rings (SSSR count). The number of halogens is 4. The van der Waals surface area contributed by atoms with Gasteiger partial charge in [-0.2, -0.15) is 13.2 Å². The van der Waals surface area contributed by atoms with Gasteiger partial charge in [0, 0.05) is 0 Å². The number of alkyl halides is 3. The normalized spacial score (nSPS) is 14.1. The third kappa shape index (κ3) is 2.52. The number of carboxylic acids is 1. The van der Waals surface area contributed by atoms with Crippen molar-refractivity contribution >= 4 is 5.97 Å². The summed E-state index contributed by atoms with van der Waals surface area (Å²) in [7, 11) is 0. The number of aliphatic carboxylic acids is 1. The molecule has 0 saturated heterocycles. The summed E-state index contributed by atoms with van der Waals surface area (Å²) in [6.45, 7) is 1.13. The van der Waals surface area contributed by atoms with Gasteiger partial charge in [-0.15, -0.1) is 0 Å². The van der Waals surface area contributed by atoms with Gasteiger partial charge in [-0.05, 0) is 6.42 Å². The molecule has 0 aromatic rings. The summed E-state index contributed by atoms with van der Waals surface area (Å²) in [6, 6.07) is 0. The van der Waals surface area contributed by atoms with Gasteiger partial charge in [0.2, 0.25) is 5.83 Å². The van der Waals surface area contributed by atoms with Crippen molar-refractivity contribution in [3.8, 4) is 0 Å². The topological polar surface area (TPSA) is 37.3 Å². The van der Waals surface area contributed by atoms with Crippen molar-refractivity contribution in [2.75, 3.05) is 0 Å². The first kappa shape index (κ1) is 10.9. The Balaban J connectivity index is 4.99. The van der Waals surface area contributed by atoms with E-state index in [1.807, 2.05) is 0 Å². The van der Waals surface area contributed by atoms with Crippen LogP contribution in [0.3, 0.4) is 0 Å². The molecule has 0 radical (unpaired) electrons. The van der Waals surface area contributed by atoms with Gasteiger partial charge in [0.25, 0.3) is 0 Å². The number of carboxylic acid groups (broad SMARTS) is 1. The maximum absolute atomic E-state index is 12.2. The predicted molar refractivity (Wildman–Crippen MR) is 32.1 cm³/mol. The molecule has 0 amide bonds. The molecule has 0 aliphatic rings. The van der Waals surface area contributed by atoms with Crippen molar-refractivity contribution in [3.63, 3.8) is 0 Å². The maximum atomic E-state index is 12.2. The van der Waals surface area contributed by atoms with E-state index >= 15 is 0 Å². The Morgan fingerprint density at radius 2 is 1.83 bits per heavy atom. The lowest BCUT2D eigenvalue weighted by Gasteiger charge is -2.05. The highest BCUT2D eigenvalue weighted by Gasteiger charge is 2.38. The Kier molecular flexibility index (Phi) is 3.24. The van der Waals surface area contributed by atoms with Gasteiger partial charge in [0.1, 0.15) is 0 Å². The second-order valence-corrected chi connectivity index (χ2v) is 1.95. The number of rotatable bonds is 2. The summed E-state index contributed by atoms with van der Waals surface area (Å²) < 4.78 is 46.9. The molecule has 70 valence electrons. The molecule has 2 nitrogen and oxygen atoms in total. The third-order valence-corrected chi connectivity index (χ3v) is 1.13. The van der Waals surface area contributed by atoms with E-state index in [9.17, 15) is 22.4 Å². The first-order chi connectivity index (χ1) is 5.30. The van der Waals surface area contributed by atoms with E-state index in [2.05, 4.69) is 0 Å². The zero-order valence-electron chi connectivity index (χ0n) is 6.07. The lowest BCUT2D eigenvalue weighted by molar-refractivity contribution is -0.135. The summed E-state index contributed by atoms with van der Waals surface area (Å²) in [5.74, 6) is -4.41. The van der Waals surface area contributed by atoms with E-state index in [0.29, 0.717) is 0 Å². The highest BCUT2D eigenvalue weighted by molar-refractivity contribution is 5.87. The highest BCUT2D eigenvalue weighted by Crippen LogP contribution is 2.30. The van der Waals surface area contributed by atoms with Crippen LogP contribution in [0.5, 0.6) is 0 Å². The van der Waals surface area contributed by atoms with Crippen LogP contribution in [0.4, 0.5) is 17.6 Å². The van der Waals surface area contributed by atoms with Gasteiger partial charge in [-0.3, -0.25) is 0 Å². The number of carbonyl (C=O) groups is 1. The van der Waals surface area contributed by atoms with Crippen molar-refractivity contribution in [1.82, 2.24) is 0 Å². The van der Waals surface area contributed by atoms with E-state index in [4.69, 9.17) is 5.11 Å². The van der Waals surface area contributed by atoms with E-state index in [0.717, 1.165) is 6.92 Å². The monoisotopic (exact) mass is 186 g/mol. The Labute approximate surface area is 65.5 Å². The van der Waals surface area contributed by atoms with Crippen LogP contribution in [0.2, 0.25) is 0 Å². The molecule has 6 heteroatoms. The molecule has 1 N–H and O–H groups in total. The first-order valence-corrected chi connectivity index (χ1v) is 2.99. The molecule has 0 fully saturated rings. The predicted octanol–water partition coefficient (Wildman–Crippen LogP) is 2.27. The van der Waals surface area contributed by atoms with Gasteiger partial charge >= 0.3 is 12.1 Å². The van der Waals surface area contributed by atoms with Crippen molar-refractivity contribution in [3.05, 3.63) is 11.4 Å². The standard InChI is InChI=1S/C6H6F4O2/c1-2-3(5(11)12)4(7)6(8,9)10/h2H2,1H3,(H,11,12). The van der Waals surface area contributed by atoms with E-state index in [1.54, 1.807) is 0 Å². The molecule has 12 heavy (non-hydrogen) atoms. The Morgan fingerprint density at radius 3 is 1.92 bits per heavy atom. The summed E-state index contributed by atoms with van der Waals surface area (Å²) in [5, 5.41) is 8.11. The molecule has 0 aliphatic heterocycles. The molecular formula is C6H6F4O2. The maximum Gasteiger partial charge on any atom is 0.443 e.